The summed E-state index contributed by atoms with van der Waals surface area (Å²) in [5, 5.41) is 16.3. The van der Waals surface area contributed by atoms with Gasteiger partial charge in [0.15, 0.2) is 11.9 Å². The van der Waals surface area contributed by atoms with Crippen LogP contribution in [0, 0.1) is 5.92 Å². The predicted molar refractivity (Wildman–Crippen MR) is 259 cm³/mol. The Morgan fingerprint density at radius 2 is 1.11 bits per heavy atom. The van der Waals surface area contributed by atoms with Crippen LogP contribution in [0.1, 0.15) is 43.2 Å². The molecule has 0 spiro atoms. The first kappa shape index (κ1) is 35.3. The Bertz CT molecular complexity index is 3730. The Morgan fingerprint density at radius 1 is 0.516 bits per heavy atom. The van der Waals surface area contributed by atoms with Gasteiger partial charge >= 0.3 is 0 Å². The molecule has 2 unspecified atom stereocenters. The van der Waals surface area contributed by atoms with Crippen molar-refractivity contribution in [2.45, 2.75) is 32.1 Å². The second-order valence-electron chi connectivity index (χ2n) is 17.1. The Hall–Kier alpha value is -7.47. The molecule has 1 aliphatic heterocycles. The van der Waals surface area contributed by atoms with Crippen LogP contribution < -0.4 is 5.32 Å². The van der Waals surface area contributed by atoms with Gasteiger partial charge < -0.3 is 13.6 Å². The topological polar surface area (TPSA) is 47.4 Å². The number of nitrogens with zero attached hydrogens (tertiary/aromatic N) is 3. The predicted octanol–water partition coefficient (Wildman–Crippen LogP) is 14.8. The summed E-state index contributed by atoms with van der Waals surface area (Å²) in [6.45, 7) is 2.41. The molecule has 12 aromatic rings. The summed E-state index contributed by atoms with van der Waals surface area (Å²) in [6, 6.07) is 68.4. The zero-order valence-electron chi connectivity index (χ0n) is 34.3. The van der Waals surface area contributed by atoms with Crippen LogP contribution in [0.5, 0.6) is 0 Å². The third kappa shape index (κ3) is 5.35. The molecule has 0 amide bonds. The molecule has 296 valence electrons. The van der Waals surface area contributed by atoms with Crippen LogP contribution in [0.4, 0.5) is 0 Å². The minimum Gasteiger partial charge on any atom is -0.454 e. The lowest BCUT2D eigenvalue weighted by Crippen LogP contribution is -2.35. The van der Waals surface area contributed by atoms with Crippen LogP contribution in [0.15, 0.2) is 197 Å². The summed E-state index contributed by atoms with van der Waals surface area (Å²) in [5.74, 6) is 0.297. The Balaban J connectivity index is 1.09. The van der Waals surface area contributed by atoms with Crippen molar-refractivity contribution in [3.63, 3.8) is 0 Å². The number of benzene rings is 9. The number of fused-ring (bicyclic) bond motifs is 11. The first-order valence-electron chi connectivity index (χ1n) is 21.8. The first-order chi connectivity index (χ1) is 30.7. The van der Waals surface area contributed by atoms with E-state index in [1.807, 2.05) is 0 Å². The maximum absolute atomic E-state index is 6.89. The molecule has 3 aromatic heterocycles. The van der Waals surface area contributed by atoms with E-state index in [4.69, 9.17) is 9.41 Å². The van der Waals surface area contributed by atoms with Gasteiger partial charge in [0.1, 0.15) is 5.58 Å². The van der Waals surface area contributed by atoms with Gasteiger partial charge in [-0.2, -0.15) is 0 Å². The lowest BCUT2D eigenvalue weighted by molar-refractivity contribution is 0.292. The van der Waals surface area contributed by atoms with Crippen molar-refractivity contribution < 1.29 is 4.42 Å². The van der Waals surface area contributed by atoms with Gasteiger partial charge in [-0.1, -0.05) is 146 Å². The van der Waals surface area contributed by atoms with Gasteiger partial charge in [0, 0.05) is 44.1 Å². The Kier molecular flexibility index (Phi) is 7.85. The highest BCUT2D eigenvalue weighted by Crippen LogP contribution is 2.42. The van der Waals surface area contributed by atoms with E-state index in [9.17, 15) is 0 Å². The zero-order chi connectivity index (χ0) is 40.9. The van der Waals surface area contributed by atoms with Crippen molar-refractivity contribution in [1.82, 2.24) is 14.5 Å². The molecule has 13 rings (SSSR count). The van der Waals surface area contributed by atoms with Crippen LogP contribution in [0.2, 0.25) is 0 Å². The van der Waals surface area contributed by atoms with Crippen LogP contribution in [-0.2, 0) is 0 Å². The number of hydrogen-bond donors (Lipinski definition) is 1. The molecular formula is C57H42N4O. The summed E-state index contributed by atoms with van der Waals surface area (Å²) in [6.07, 6.45) is 1.37. The van der Waals surface area contributed by atoms with Crippen LogP contribution in [-0.4, -0.2) is 14.8 Å². The maximum Gasteiger partial charge on any atom is 0.181 e. The van der Waals surface area contributed by atoms with Gasteiger partial charge in [-0.3, -0.25) is 5.32 Å². The molecule has 62 heavy (non-hydrogen) atoms. The fraction of sp³-hybridized carbons (Fsp3) is 0.105. The standard InChI is InChI=1S/C57H42N4O/c1-35-29-30-48(58-57(59-55(35)45-24-14-18-36-15-4-5-19-40(36)45)61-50-26-11-6-20-41(50)42-21-7-12-27-51(42)61)39-32-47-44-23-9-13-28-54(44)62-56(47)53(34-39)60-49-25-10-8-22-43(49)46-31-37-16-2-3-17-38(37)33-52(46)60/h2-28,31-35,55,57,59H,29-30H2,1H3/b58-48+/t35-,55?,57?/m1/s1. The Morgan fingerprint density at radius 3 is 1.87 bits per heavy atom. The number of para-hydroxylation sites is 4. The largest absolute Gasteiger partial charge is 0.454 e. The van der Waals surface area contributed by atoms with Gasteiger partial charge in [0.05, 0.1) is 27.8 Å². The van der Waals surface area contributed by atoms with Crippen molar-refractivity contribution in [3.05, 3.63) is 199 Å². The molecule has 5 nitrogen and oxygen atoms in total. The molecule has 4 heterocycles. The fourth-order valence-electron chi connectivity index (χ4n) is 10.6. The van der Waals surface area contributed by atoms with Crippen molar-refractivity contribution in [3.8, 4) is 5.69 Å². The van der Waals surface area contributed by atoms with Crippen molar-refractivity contribution in [2.75, 3.05) is 0 Å². The van der Waals surface area contributed by atoms with E-state index in [1.165, 1.54) is 48.7 Å². The zero-order valence-corrected chi connectivity index (χ0v) is 34.3. The van der Waals surface area contributed by atoms with E-state index in [-0.39, 0.29) is 6.04 Å². The molecule has 3 atom stereocenters. The molecule has 0 aliphatic carbocycles. The van der Waals surface area contributed by atoms with Crippen LogP contribution >= 0.6 is 0 Å². The van der Waals surface area contributed by atoms with E-state index in [2.05, 4.69) is 209 Å². The second-order valence-corrected chi connectivity index (χ2v) is 17.1. The monoisotopic (exact) mass is 798 g/mol. The number of aromatic nitrogens is 2. The highest BCUT2D eigenvalue weighted by molar-refractivity contribution is 6.17. The summed E-state index contributed by atoms with van der Waals surface area (Å²) in [5.41, 5.74) is 10.9. The van der Waals surface area contributed by atoms with Gasteiger partial charge in [-0.25, -0.2) is 4.99 Å². The van der Waals surface area contributed by atoms with Crippen molar-refractivity contribution >= 4 is 92.8 Å². The maximum atomic E-state index is 6.89. The van der Waals surface area contributed by atoms with E-state index >= 15 is 0 Å². The SMILES string of the molecule is C[C@@H]1CC/C(c2cc(-n3c4ccccc4c4cc5ccccc5cc43)c3oc4ccccc4c3c2)=N\C(n2c3ccccc3c3ccccc32)NC1c1cccc2ccccc12. The summed E-state index contributed by atoms with van der Waals surface area (Å²) >= 11 is 0. The molecule has 0 saturated heterocycles. The van der Waals surface area contributed by atoms with E-state index < -0.39 is 6.29 Å². The third-order valence-electron chi connectivity index (χ3n) is 13.6. The van der Waals surface area contributed by atoms with Crippen LogP contribution in [0.25, 0.3) is 92.8 Å². The highest BCUT2D eigenvalue weighted by atomic mass is 16.3. The highest BCUT2D eigenvalue weighted by Gasteiger charge is 2.30. The normalized spacial score (nSPS) is 18.3. The average Bonchev–Trinajstić information content (AvgIpc) is 3.97. The molecule has 9 aromatic carbocycles. The quantitative estimate of drug-likeness (QED) is 0.193. The first-order valence-corrected chi connectivity index (χ1v) is 21.8. The third-order valence-corrected chi connectivity index (χ3v) is 13.6. The fourth-order valence-corrected chi connectivity index (χ4v) is 10.6. The van der Waals surface area contributed by atoms with Gasteiger partial charge in [-0.15, -0.1) is 0 Å². The number of furan rings is 1. The lowest BCUT2D eigenvalue weighted by Gasteiger charge is -2.34. The average molecular weight is 799 g/mol. The van der Waals surface area contributed by atoms with E-state index in [1.54, 1.807) is 0 Å². The summed E-state index contributed by atoms with van der Waals surface area (Å²) in [7, 11) is 0. The smallest absolute Gasteiger partial charge is 0.181 e. The van der Waals surface area contributed by atoms with Gasteiger partial charge in [-0.05, 0) is 100.0 Å². The van der Waals surface area contributed by atoms with Crippen molar-refractivity contribution in [2.24, 2.45) is 10.9 Å². The minimum atomic E-state index is -0.402. The minimum absolute atomic E-state index is 0.0552. The van der Waals surface area contributed by atoms with Crippen molar-refractivity contribution in [1.29, 1.82) is 0 Å². The van der Waals surface area contributed by atoms with Gasteiger partial charge in [0.25, 0.3) is 0 Å². The lowest BCUT2D eigenvalue weighted by atomic mass is 9.86. The molecule has 0 saturated carbocycles. The van der Waals surface area contributed by atoms with Crippen LogP contribution in [0.3, 0.4) is 0 Å². The summed E-state index contributed by atoms with van der Waals surface area (Å²) < 4.78 is 11.8. The molecule has 0 radical (unpaired) electrons. The molecular weight excluding hydrogens is 757 g/mol. The second kappa shape index (κ2) is 13.8. The Labute approximate surface area is 358 Å². The van der Waals surface area contributed by atoms with E-state index in [0.717, 1.165) is 73.8 Å². The van der Waals surface area contributed by atoms with Gasteiger partial charge in [0.2, 0.25) is 0 Å². The number of nitrogens with one attached hydrogen (secondary N) is 1. The number of aliphatic imine (C=N–C) groups is 1. The molecule has 0 fully saturated rings. The molecule has 1 aliphatic rings. The molecule has 5 heteroatoms. The summed E-state index contributed by atoms with van der Waals surface area (Å²) in [4.78, 5) is 5.93. The number of hydrogen-bond acceptors (Lipinski definition) is 3. The molecule has 0 bridgehead atoms. The number of rotatable bonds is 4. The molecule has 1 N–H and O–H groups in total. The van der Waals surface area contributed by atoms with E-state index in [0.29, 0.717) is 5.92 Å².